The van der Waals surface area contributed by atoms with E-state index >= 15 is 0 Å². The first-order valence-electron chi connectivity index (χ1n) is 8.36. The molecular weight excluding hydrogens is 367 g/mol. The maximum absolute atomic E-state index is 13.3. The fraction of sp³-hybridized carbons (Fsp3) is 0.316. The molecule has 1 aliphatic heterocycles. The molecule has 0 unspecified atom stereocenters. The van der Waals surface area contributed by atoms with Crippen LogP contribution in [0.1, 0.15) is 21.5 Å². The maximum Gasteiger partial charge on any atom is 0.416 e. The minimum atomic E-state index is -4.36. The van der Waals surface area contributed by atoms with Gasteiger partial charge in [0.2, 0.25) is 0 Å². The van der Waals surface area contributed by atoms with E-state index in [0.29, 0.717) is 38.8 Å². The van der Waals surface area contributed by atoms with Gasteiger partial charge in [-0.05, 0) is 29.8 Å². The van der Waals surface area contributed by atoms with E-state index in [4.69, 9.17) is 0 Å². The highest BCUT2D eigenvalue weighted by Crippen LogP contribution is 2.29. The molecule has 1 fully saturated rings. The van der Waals surface area contributed by atoms with Crippen molar-refractivity contribution >= 4 is 5.91 Å². The molecule has 0 aliphatic carbocycles. The summed E-state index contributed by atoms with van der Waals surface area (Å²) in [5.41, 5.74) is 0.0164. The third-order valence-corrected chi connectivity index (χ3v) is 4.46. The second kappa shape index (κ2) is 7.64. The minimum absolute atomic E-state index is 0.0383. The summed E-state index contributed by atoms with van der Waals surface area (Å²) >= 11 is 0. The first kappa shape index (κ1) is 19.3. The molecule has 0 saturated carbocycles. The molecule has 1 amide bonds. The summed E-state index contributed by atoms with van der Waals surface area (Å²) in [6, 6.07) is 7.69. The van der Waals surface area contributed by atoms with Crippen LogP contribution in [0.2, 0.25) is 0 Å². The van der Waals surface area contributed by atoms with Crippen LogP contribution in [0.5, 0.6) is 0 Å². The van der Waals surface area contributed by atoms with Crippen LogP contribution < -0.4 is 0 Å². The molecular formula is C19H17F5N2O. The van der Waals surface area contributed by atoms with Gasteiger partial charge in [0.15, 0.2) is 0 Å². The SMILES string of the molecule is O=C(c1cc(F)cc(F)c1)N1CCN(Cc2ccc(C(F)(F)F)cc2)CC1. The number of halogens is 5. The van der Waals surface area contributed by atoms with Gasteiger partial charge >= 0.3 is 6.18 Å². The first-order chi connectivity index (χ1) is 12.7. The summed E-state index contributed by atoms with van der Waals surface area (Å²) in [5.74, 6) is -2.05. The van der Waals surface area contributed by atoms with Crippen LogP contribution >= 0.6 is 0 Å². The number of amides is 1. The van der Waals surface area contributed by atoms with Gasteiger partial charge < -0.3 is 4.90 Å². The Morgan fingerprint density at radius 1 is 0.889 bits per heavy atom. The van der Waals surface area contributed by atoms with Crippen molar-refractivity contribution in [3.63, 3.8) is 0 Å². The summed E-state index contributed by atoms with van der Waals surface area (Å²) in [4.78, 5) is 15.9. The molecule has 0 N–H and O–H groups in total. The minimum Gasteiger partial charge on any atom is -0.336 e. The topological polar surface area (TPSA) is 23.6 Å². The lowest BCUT2D eigenvalue weighted by atomic mass is 10.1. The highest BCUT2D eigenvalue weighted by molar-refractivity contribution is 5.94. The van der Waals surface area contributed by atoms with Gasteiger partial charge in [0.05, 0.1) is 5.56 Å². The summed E-state index contributed by atoms with van der Waals surface area (Å²) < 4.78 is 64.3. The van der Waals surface area contributed by atoms with Crippen LogP contribution in [0.25, 0.3) is 0 Å². The summed E-state index contributed by atoms with van der Waals surface area (Å²) in [7, 11) is 0. The molecule has 8 heteroatoms. The van der Waals surface area contributed by atoms with Crippen molar-refractivity contribution in [3.05, 3.63) is 70.8 Å². The lowest BCUT2D eigenvalue weighted by Gasteiger charge is -2.34. The van der Waals surface area contributed by atoms with Gasteiger partial charge in [-0.1, -0.05) is 12.1 Å². The van der Waals surface area contributed by atoms with Crippen LogP contribution in [-0.2, 0) is 12.7 Å². The average molecular weight is 384 g/mol. The van der Waals surface area contributed by atoms with Crippen molar-refractivity contribution in [3.8, 4) is 0 Å². The van der Waals surface area contributed by atoms with Crippen LogP contribution in [0.4, 0.5) is 22.0 Å². The first-order valence-corrected chi connectivity index (χ1v) is 8.36. The van der Waals surface area contributed by atoms with Crippen molar-refractivity contribution in [2.45, 2.75) is 12.7 Å². The standard InChI is InChI=1S/C19H17F5N2O/c20-16-9-14(10-17(21)11-16)18(27)26-7-5-25(6-8-26)12-13-1-3-15(4-2-13)19(22,23)24/h1-4,9-11H,5-8,12H2. The molecule has 1 saturated heterocycles. The normalized spacial score (nSPS) is 15.8. The van der Waals surface area contributed by atoms with E-state index in [1.165, 1.54) is 17.0 Å². The molecule has 2 aromatic carbocycles. The molecule has 144 valence electrons. The molecule has 0 spiro atoms. The number of hydrogen-bond acceptors (Lipinski definition) is 2. The quantitative estimate of drug-likeness (QED) is 0.749. The molecule has 1 aliphatic rings. The van der Waals surface area contributed by atoms with E-state index in [1.807, 2.05) is 4.90 Å². The monoisotopic (exact) mass is 384 g/mol. The van der Waals surface area contributed by atoms with E-state index in [2.05, 4.69) is 0 Å². The molecule has 3 rings (SSSR count). The Morgan fingerprint density at radius 3 is 1.96 bits per heavy atom. The van der Waals surface area contributed by atoms with Gasteiger partial charge in [-0.3, -0.25) is 9.69 Å². The Bertz CT molecular complexity index is 792. The Hall–Kier alpha value is -2.48. The van der Waals surface area contributed by atoms with E-state index in [0.717, 1.165) is 29.8 Å². The number of benzene rings is 2. The van der Waals surface area contributed by atoms with Gasteiger partial charge in [-0.2, -0.15) is 13.2 Å². The third kappa shape index (κ3) is 4.82. The number of carbonyl (C=O) groups is 1. The lowest BCUT2D eigenvalue weighted by molar-refractivity contribution is -0.137. The van der Waals surface area contributed by atoms with Crippen LogP contribution in [-0.4, -0.2) is 41.9 Å². The summed E-state index contributed by atoms with van der Waals surface area (Å²) in [5, 5.41) is 0. The zero-order valence-corrected chi connectivity index (χ0v) is 14.3. The fourth-order valence-corrected chi connectivity index (χ4v) is 3.03. The zero-order chi connectivity index (χ0) is 19.6. The number of alkyl halides is 3. The second-order valence-electron chi connectivity index (χ2n) is 6.42. The predicted octanol–water partition coefficient (Wildman–Crippen LogP) is 3.94. The summed E-state index contributed by atoms with van der Waals surface area (Å²) in [6.45, 7) is 2.25. The molecule has 0 aromatic heterocycles. The van der Waals surface area contributed by atoms with E-state index in [9.17, 15) is 26.7 Å². The Balaban J connectivity index is 1.56. The van der Waals surface area contributed by atoms with E-state index < -0.39 is 29.3 Å². The van der Waals surface area contributed by atoms with Crippen molar-refractivity contribution < 1.29 is 26.7 Å². The number of rotatable bonds is 3. The number of hydrogen-bond donors (Lipinski definition) is 0. The van der Waals surface area contributed by atoms with Gasteiger partial charge in [0.1, 0.15) is 11.6 Å². The number of carbonyl (C=O) groups excluding carboxylic acids is 1. The van der Waals surface area contributed by atoms with Crippen LogP contribution in [0.15, 0.2) is 42.5 Å². The molecule has 0 atom stereocenters. The van der Waals surface area contributed by atoms with Crippen molar-refractivity contribution in [2.24, 2.45) is 0 Å². The van der Waals surface area contributed by atoms with Crippen LogP contribution in [0, 0.1) is 11.6 Å². The molecule has 2 aromatic rings. The van der Waals surface area contributed by atoms with Crippen LogP contribution in [0.3, 0.4) is 0 Å². The Kier molecular flexibility index (Phi) is 5.46. The van der Waals surface area contributed by atoms with Crippen molar-refractivity contribution in [2.75, 3.05) is 26.2 Å². The molecule has 0 bridgehead atoms. The highest BCUT2D eigenvalue weighted by Gasteiger charge is 2.30. The van der Waals surface area contributed by atoms with Gasteiger partial charge in [-0.15, -0.1) is 0 Å². The Morgan fingerprint density at radius 2 is 1.44 bits per heavy atom. The largest absolute Gasteiger partial charge is 0.416 e. The summed E-state index contributed by atoms with van der Waals surface area (Å²) in [6.07, 6.45) is -4.36. The highest BCUT2D eigenvalue weighted by atomic mass is 19.4. The maximum atomic E-state index is 13.3. The molecule has 3 nitrogen and oxygen atoms in total. The van der Waals surface area contributed by atoms with Gasteiger partial charge in [0.25, 0.3) is 5.91 Å². The van der Waals surface area contributed by atoms with Gasteiger partial charge in [0, 0.05) is 44.4 Å². The lowest BCUT2D eigenvalue weighted by Crippen LogP contribution is -2.48. The Labute approximate surface area is 153 Å². The number of nitrogens with zero attached hydrogens (tertiary/aromatic N) is 2. The smallest absolute Gasteiger partial charge is 0.336 e. The van der Waals surface area contributed by atoms with E-state index in [-0.39, 0.29) is 5.56 Å². The van der Waals surface area contributed by atoms with Crippen molar-refractivity contribution in [1.82, 2.24) is 9.80 Å². The second-order valence-corrected chi connectivity index (χ2v) is 6.42. The average Bonchev–Trinajstić information content (AvgIpc) is 2.61. The molecule has 1 heterocycles. The van der Waals surface area contributed by atoms with Gasteiger partial charge in [-0.25, -0.2) is 8.78 Å². The van der Waals surface area contributed by atoms with E-state index in [1.54, 1.807) is 0 Å². The molecule has 27 heavy (non-hydrogen) atoms. The van der Waals surface area contributed by atoms with Crippen molar-refractivity contribution in [1.29, 1.82) is 0 Å². The zero-order valence-electron chi connectivity index (χ0n) is 14.3. The third-order valence-electron chi connectivity index (χ3n) is 4.46. The molecule has 0 radical (unpaired) electrons. The predicted molar refractivity (Wildman–Crippen MR) is 89.0 cm³/mol. The fourth-order valence-electron chi connectivity index (χ4n) is 3.03. The number of piperazine rings is 1.